The first-order valence-electron chi connectivity index (χ1n) is 7.39. The van der Waals surface area contributed by atoms with Crippen molar-refractivity contribution in [3.05, 3.63) is 0 Å². The molecule has 1 heterocycles. The van der Waals surface area contributed by atoms with Crippen molar-refractivity contribution in [2.75, 3.05) is 33.2 Å². The fourth-order valence-electron chi connectivity index (χ4n) is 2.38. The number of aliphatic imine (C=N–C) groups is 1. The van der Waals surface area contributed by atoms with Gasteiger partial charge in [0.05, 0.1) is 0 Å². The summed E-state index contributed by atoms with van der Waals surface area (Å²) in [5, 5.41) is 6.87. The zero-order valence-electron chi connectivity index (χ0n) is 12.9. The number of nitrogens with zero attached hydrogens (tertiary/aromatic N) is 2. The quantitative estimate of drug-likeness (QED) is 0.436. The van der Waals surface area contributed by atoms with Crippen LogP contribution in [0.4, 0.5) is 0 Å². The number of likely N-dealkylation sites (tertiary alicyclic amines) is 1. The number of hydrogen-bond donors (Lipinski definition) is 2. The summed E-state index contributed by atoms with van der Waals surface area (Å²) in [6, 6.07) is 0.481. The van der Waals surface area contributed by atoms with Gasteiger partial charge in [-0.05, 0) is 45.2 Å². The Labute approximate surface area is 135 Å². The highest BCUT2D eigenvalue weighted by Gasteiger charge is 2.18. The maximum atomic E-state index is 4.28. The van der Waals surface area contributed by atoms with Gasteiger partial charge >= 0.3 is 0 Å². The fraction of sp³-hybridized carbons (Fsp3) is 0.929. The molecule has 0 saturated carbocycles. The second kappa shape index (κ2) is 10.7. The maximum Gasteiger partial charge on any atom is 0.191 e. The first-order valence-corrected chi connectivity index (χ1v) is 7.39. The van der Waals surface area contributed by atoms with Gasteiger partial charge in [0.1, 0.15) is 0 Å². The van der Waals surface area contributed by atoms with Crippen LogP contribution in [0.3, 0.4) is 0 Å². The molecular formula is C14H31IN4. The second-order valence-corrected chi connectivity index (χ2v) is 5.31. The minimum atomic E-state index is 0. The summed E-state index contributed by atoms with van der Waals surface area (Å²) in [6.45, 7) is 11.3. The first-order chi connectivity index (χ1) is 8.69. The number of piperidine rings is 1. The van der Waals surface area contributed by atoms with Crippen LogP contribution in [0.1, 0.15) is 40.0 Å². The molecule has 0 aromatic carbocycles. The van der Waals surface area contributed by atoms with Crippen LogP contribution in [0.2, 0.25) is 0 Å². The molecule has 19 heavy (non-hydrogen) atoms. The van der Waals surface area contributed by atoms with Gasteiger partial charge < -0.3 is 15.5 Å². The number of rotatable bonds is 5. The molecule has 1 fully saturated rings. The van der Waals surface area contributed by atoms with Crippen molar-refractivity contribution >= 4 is 29.9 Å². The van der Waals surface area contributed by atoms with Gasteiger partial charge in [-0.1, -0.05) is 13.8 Å². The lowest BCUT2D eigenvalue weighted by atomic mass is 9.98. The highest BCUT2D eigenvalue weighted by atomic mass is 127. The van der Waals surface area contributed by atoms with Gasteiger partial charge in [0.2, 0.25) is 0 Å². The molecule has 1 aliphatic rings. The second-order valence-electron chi connectivity index (χ2n) is 5.31. The fourth-order valence-corrected chi connectivity index (χ4v) is 2.38. The smallest absolute Gasteiger partial charge is 0.191 e. The van der Waals surface area contributed by atoms with E-state index in [0.717, 1.165) is 24.8 Å². The molecule has 0 spiro atoms. The van der Waals surface area contributed by atoms with Crippen LogP contribution in [0.25, 0.3) is 0 Å². The minimum Gasteiger partial charge on any atom is -0.356 e. The topological polar surface area (TPSA) is 39.7 Å². The van der Waals surface area contributed by atoms with Gasteiger partial charge in [-0.15, -0.1) is 24.0 Å². The van der Waals surface area contributed by atoms with Gasteiger partial charge in [0, 0.05) is 26.2 Å². The summed E-state index contributed by atoms with van der Waals surface area (Å²) >= 11 is 0. The molecule has 0 aromatic heterocycles. The molecule has 2 N–H and O–H groups in total. The molecule has 0 aliphatic carbocycles. The van der Waals surface area contributed by atoms with E-state index in [1.54, 1.807) is 0 Å². The Hall–Kier alpha value is -0.0400. The van der Waals surface area contributed by atoms with Crippen molar-refractivity contribution in [1.82, 2.24) is 15.5 Å². The largest absolute Gasteiger partial charge is 0.356 e. The highest BCUT2D eigenvalue weighted by Crippen LogP contribution is 2.14. The Morgan fingerprint density at radius 3 is 2.74 bits per heavy atom. The van der Waals surface area contributed by atoms with Crippen molar-refractivity contribution in [2.24, 2.45) is 10.9 Å². The molecule has 0 aromatic rings. The summed E-state index contributed by atoms with van der Waals surface area (Å²) in [5.74, 6) is 1.70. The molecule has 0 amide bonds. The van der Waals surface area contributed by atoms with E-state index in [2.05, 4.69) is 41.3 Å². The van der Waals surface area contributed by atoms with Gasteiger partial charge in [-0.2, -0.15) is 0 Å². The Balaban J connectivity index is 0.00000324. The summed E-state index contributed by atoms with van der Waals surface area (Å²) < 4.78 is 0. The van der Waals surface area contributed by atoms with Crippen LogP contribution in [-0.2, 0) is 0 Å². The van der Waals surface area contributed by atoms with Crippen molar-refractivity contribution in [2.45, 2.75) is 46.1 Å². The van der Waals surface area contributed by atoms with E-state index in [0.29, 0.717) is 6.04 Å². The van der Waals surface area contributed by atoms with Gasteiger partial charge in [-0.25, -0.2) is 0 Å². The Kier molecular flexibility index (Phi) is 10.7. The number of nitrogens with one attached hydrogen (secondary N) is 2. The Morgan fingerprint density at radius 1 is 1.42 bits per heavy atom. The lowest BCUT2D eigenvalue weighted by Crippen LogP contribution is -2.46. The highest BCUT2D eigenvalue weighted by molar-refractivity contribution is 14.0. The summed E-state index contributed by atoms with van der Waals surface area (Å²) in [6.07, 6.45) is 3.79. The van der Waals surface area contributed by atoms with Crippen molar-refractivity contribution in [3.63, 3.8) is 0 Å². The molecule has 114 valence electrons. The third-order valence-corrected chi connectivity index (χ3v) is 3.83. The Bertz CT molecular complexity index is 258. The number of guanidine groups is 1. The average molecular weight is 382 g/mol. The van der Waals surface area contributed by atoms with E-state index in [1.165, 1.54) is 32.5 Å². The average Bonchev–Trinajstić information content (AvgIpc) is 2.43. The lowest BCUT2D eigenvalue weighted by Gasteiger charge is -2.32. The third kappa shape index (κ3) is 7.34. The summed E-state index contributed by atoms with van der Waals surface area (Å²) in [4.78, 5) is 6.82. The molecule has 1 aliphatic heterocycles. The predicted octanol–water partition coefficient (Wildman–Crippen LogP) is 2.30. The van der Waals surface area contributed by atoms with Crippen molar-refractivity contribution < 1.29 is 0 Å². The molecule has 4 nitrogen and oxygen atoms in total. The van der Waals surface area contributed by atoms with Gasteiger partial charge in [0.15, 0.2) is 5.96 Å². The van der Waals surface area contributed by atoms with Crippen LogP contribution in [-0.4, -0.2) is 50.1 Å². The molecule has 5 heteroatoms. The zero-order valence-corrected chi connectivity index (χ0v) is 15.2. The van der Waals surface area contributed by atoms with E-state index in [-0.39, 0.29) is 24.0 Å². The normalized spacial score (nSPS) is 22.5. The predicted molar refractivity (Wildman–Crippen MR) is 94.5 cm³/mol. The monoisotopic (exact) mass is 382 g/mol. The summed E-state index contributed by atoms with van der Waals surface area (Å²) in [5.41, 5.74) is 0. The van der Waals surface area contributed by atoms with Crippen LogP contribution in [0.15, 0.2) is 4.99 Å². The molecule has 2 atom stereocenters. The van der Waals surface area contributed by atoms with Crippen LogP contribution in [0.5, 0.6) is 0 Å². The lowest BCUT2D eigenvalue weighted by molar-refractivity contribution is 0.183. The Morgan fingerprint density at radius 2 is 2.16 bits per heavy atom. The first kappa shape index (κ1) is 19.0. The molecule has 2 unspecified atom stereocenters. The van der Waals surface area contributed by atoms with Crippen LogP contribution < -0.4 is 10.6 Å². The summed E-state index contributed by atoms with van der Waals surface area (Å²) in [7, 11) is 1.84. The minimum absolute atomic E-state index is 0. The molecular weight excluding hydrogens is 351 g/mol. The van der Waals surface area contributed by atoms with Crippen LogP contribution in [0, 0.1) is 5.92 Å². The maximum absolute atomic E-state index is 4.28. The standard InChI is InChI=1S/C14H30N4.HI/c1-5-12(3)17-14(15-4)16-10-13-8-7-9-18(6-2)11-13;/h12-13H,5-11H2,1-4H3,(H2,15,16,17);1H. The van der Waals surface area contributed by atoms with E-state index in [9.17, 15) is 0 Å². The van der Waals surface area contributed by atoms with E-state index < -0.39 is 0 Å². The van der Waals surface area contributed by atoms with Crippen LogP contribution >= 0.6 is 24.0 Å². The van der Waals surface area contributed by atoms with Crippen molar-refractivity contribution in [1.29, 1.82) is 0 Å². The van der Waals surface area contributed by atoms with E-state index in [1.807, 2.05) is 7.05 Å². The SMILES string of the molecule is CCC(C)NC(=NC)NCC1CCCN(CC)C1.I. The van der Waals surface area contributed by atoms with E-state index >= 15 is 0 Å². The third-order valence-electron chi connectivity index (χ3n) is 3.83. The number of halogens is 1. The van der Waals surface area contributed by atoms with Gasteiger partial charge in [-0.3, -0.25) is 4.99 Å². The van der Waals surface area contributed by atoms with Crippen molar-refractivity contribution in [3.8, 4) is 0 Å². The van der Waals surface area contributed by atoms with E-state index in [4.69, 9.17) is 0 Å². The van der Waals surface area contributed by atoms with Gasteiger partial charge in [0.25, 0.3) is 0 Å². The number of hydrogen-bond acceptors (Lipinski definition) is 2. The molecule has 0 radical (unpaired) electrons. The molecule has 1 rings (SSSR count). The molecule has 1 saturated heterocycles. The zero-order chi connectivity index (χ0) is 13.4. The molecule has 0 bridgehead atoms.